The maximum atomic E-state index is 11.1. The van der Waals surface area contributed by atoms with Crippen molar-refractivity contribution in [1.82, 2.24) is 4.98 Å². The Kier molecular flexibility index (Phi) is 3.64. The van der Waals surface area contributed by atoms with Crippen LogP contribution in [0.2, 0.25) is 0 Å². The summed E-state index contributed by atoms with van der Waals surface area (Å²) in [6.07, 6.45) is 2.28. The van der Waals surface area contributed by atoms with Crippen LogP contribution in [0.25, 0.3) is 0 Å². The van der Waals surface area contributed by atoms with Crippen LogP contribution in [-0.4, -0.2) is 23.2 Å². The van der Waals surface area contributed by atoms with Crippen molar-refractivity contribution in [3.63, 3.8) is 0 Å². The van der Waals surface area contributed by atoms with Crippen molar-refractivity contribution in [1.29, 1.82) is 0 Å². The quantitative estimate of drug-likeness (QED) is 0.935. The minimum atomic E-state index is -0.761. The van der Waals surface area contributed by atoms with Gasteiger partial charge in [0, 0.05) is 12.0 Å². The Morgan fingerprint density at radius 1 is 1.48 bits per heavy atom. The summed E-state index contributed by atoms with van der Waals surface area (Å²) in [5, 5.41) is 9.10. The Hall–Kier alpha value is -2.30. The number of para-hydroxylation sites is 1. The van der Waals surface area contributed by atoms with E-state index in [1.807, 2.05) is 24.3 Å². The standard InChI is InChI=1S/C16H17NO4/c1-20-13-5-3-2-4-10(13)9-15-17-12-7-6-11(16(18)19)8-14(12)21-15/h2-5,11H,6-9H2,1H3,(H,18,19). The largest absolute Gasteiger partial charge is 0.496 e. The van der Waals surface area contributed by atoms with E-state index in [1.54, 1.807) is 7.11 Å². The van der Waals surface area contributed by atoms with Gasteiger partial charge in [-0.15, -0.1) is 0 Å². The van der Waals surface area contributed by atoms with E-state index >= 15 is 0 Å². The Labute approximate surface area is 122 Å². The maximum Gasteiger partial charge on any atom is 0.306 e. The van der Waals surface area contributed by atoms with Gasteiger partial charge in [-0.05, 0) is 18.9 Å². The van der Waals surface area contributed by atoms with Gasteiger partial charge in [-0.1, -0.05) is 18.2 Å². The third-order valence-corrected chi connectivity index (χ3v) is 3.87. The van der Waals surface area contributed by atoms with Gasteiger partial charge in [0.15, 0.2) is 5.89 Å². The number of carboxylic acid groups (broad SMARTS) is 1. The first-order valence-electron chi connectivity index (χ1n) is 6.99. The molecule has 0 saturated heterocycles. The van der Waals surface area contributed by atoms with Crippen LogP contribution in [0.1, 0.15) is 29.3 Å². The molecule has 1 aromatic carbocycles. The number of aryl methyl sites for hydroxylation is 1. The molecule has 0 radical (unpaired) electrons. The van der Waals surface area contributed by atoms with Crippen LogP contribution in [0.5, 0.6) is 5.75 Å². The zero-order valence-electron chi connectivity index (χ0n) is 11.8. The molecule has 2 aromatic rings. The van der Waals surface area contributed by atoms with Crippen LogP contribution in [0, 0.1) is 5.92 Å². The molecule has 1 unspecified atom stereocenters. The number of ether oxygens (including phenoxy) is 1. The highest BCUT2D eigenvalue weighted by molar-refractivity contribution is 5.70. The van der Waals surface area contributed by atoms with Gasteiger partial charge in [-0.2, -0.15) is 0 Å². The van der Waals surface area contributed by atoms with Crippen molar-refractivity contribution in [3.05, 3.63) is 47.2 Å². The lowest BCUT2D eigenvalue weighted by atomic mass is 9.91. The monoisotopic (exact) mass is 287 g/mol. The molecule has 0 bridgehead atoms. The molecule has 110 valence electrons. The second-order valence-corrected chi connectivity index (χ2v) is 5.24. The van der Waals surface area contributed by atoms with Crippen molar-refractivity contribution in [2.24, 2.45) is 5.92 Å². The number of carbonyl (C=O) groups is 1. The minimum absolute atomic E-state index is 0.357. The Balaban J connectivity index is 1.81. The van der Waals surface area contributed by atoms with E-state index in [9.17, 15) is 4.79 Å². The van der Waals surface area contributed by atoms with Crippen molar-refractivity contribution in [2.75, 3.05) is 7.11 Å². The molecule has 5 heteroatoms. The molecule has 3 rings (SSSR count). The molecule has 0 saturated carbocycles. The molecular formula is C16H17NO4. The SMILES string of the molecule is COc1ccccc1Cc1nc2c(o1)CC(C(=O)O)CC2. The molecule has 1 N–H and O–H groups in total. The van der Waals surface area contributed by atoms with Crippen LogP contribution in [-0.2, 0) is 24.1 Å². The molecule has 1 aliphatic carbocycles. The number of aliphatic carboxylic acids is 1. The van der Waals surface area contributed by atoms with Crippen LogP contribution >= 0.6 is 0 Å². The van der Waals surface area contributed by atoms with E-state index in [4.69, 9.17) is 14.3 Å². The average Bonchev–Trinajstić information content (AvgIpc) is 2.89. The predicted octanol–water partition coefficient (Wildman–Crippen LogP) is 2.46. The van der Waals surface area contributed by atoms with E-state index in [0.29, 0.717) is 31.6 Å². The summed E-state index contributed by atoms with van der Waals surface area (Å²) in [6.45, 7) is 0. The highest BCUT2D eigenvalue weighted by atomic mass is 16.5. The number of hydrogen-bond donors (Lipinski definition) is 1. The summed E-state index contributed by atoms with van der Waals surface area (Å²) in [6, 6.07) is 7.74. The van der Waals surface area contributed by atoms with Gasteiger partial charge in [-0.25, -0.2) is 4.98 Å². The normalized spacial score (nSPS) is 17.3. The Morgan fingerprint density at radius 2 is 2.29 bits per heavy atom. The summed E-state index contributed by atoms with van der Waals surface area (Å²) in [4.78, 5) is 15.6. The molecule has 1 atom stereocenters. The van der Waals surface area contributed by atoms with Gasteiger partial charge in [0.05, 0.1) is 25.1 Å². The molecule has 5 nitrogen and oxygen atoms in total. The van der Waals surface area contributed by atoms with Gasteiger partial charge in [0.25, 0.3) is 0 Å². The van der Waals surface area contributed by atoms with Gasteiger partial charge < -0.3 is 14.3 Å². The first-order valence-corrected chi connectivity index (χ1v) is 6.99. The third-order valence-electron chi connectivity index (χ3n) is 3.87. The van der Waals surface area contributed by atoms with E-state index in [1.165, 1.54) is 0 Å². The highest BCUT2D eigenvalue weighted by Gasteiger charge is 2.28. The molecular weight excluding hydrogens is 270 g/mol. The van der Waals surface area contributed by atoms with Crippen LogP contribution in [0.4, 0.5) is 0 Å². The van der Waals surface area contributed by atoms with E-state index < -0.39 is 5.97 Å². The zero-order valence-corrected chi connectivity index (χ0v) is 11.8. The van der Waals surface area contributed by atoms with E-state index in [-0.39, 0.29) is 5.92 Å². The first kappa shape index (κ1) is 13.7. The number of hydrogen-bond acceptors (Lipinski definition) is 4. The van der Waals surface area contributed by atoms with Gasteiger partial charge in [0.1, 0.15) is 11.5 Å². The smallest absolute Gasteiger partial charge is 0.306 e. The van der Waals surface area contributed by atoms with Crippen molar-refractivity contribution < 1.29 is 19.1 Å². The lowest BCUT2D eigenvalue weighted by molar-refractivity contribution is -0.142. The molecule has 1 heterocycles. The lowest BCUT2D eigenvalue weighted by Gasteiger charge is -2.15. The van der Waals surface area contributed by atoms with E-state index in [0.717, 1.165) is 22.8 Å². The van der Waals surface area contributed by atoms with Crippen LogP contribution in [0.15, 0.2) is 28.7 Å². The molecule has 1 aromatic heterocycles. The summed E-state index contributed by atoms with van der Waals surface area (Å²) < 4.78 is 11.1. The summed E-state index contributed by atoms with van der Waals surface area (Å²) in [5.74, 6) is 1.03. The van der Waals surface area contributed by atoms with Crippen LogP contribution < -0.4 is 4.74 Å². The van der Waals surface area contributed by atoms with Crippen molar-refractivity contribution in [3.8, 4) is 5.75 Å². The first-order chi connectivity index (χ1) is 10.2. The highest BCUT2D eigenvalue weighted by Crippen LogP contribution is 2.28. The number of fused-ring (bicyclic) bond motifs is 1. The third kappa shape index (κ3) is 2.77. The molecule has 0 spiro atoms. The number of oxazole rings is 1. The van der Waals surface area contributed by atoms with Gasteiger partial charge >= 0.3 is 5.97 Å². The Morgan fingerprint density at radius 3 is 3.05 bits per heavy atom. The van der Waals surface area contributed by atoms with Gasteiger partial charge in [-0.3, -0.25) is 4.79 Å². The number of carboxylic acids is 1. The summed E-state index contributed by atoms with van der Waals surface area (Å²) in [7, 11) is 1.64. The molecule has 0 aliphatic heterocycles. The fourth-order valence-electron chi connectivity index (χ4n) is 2.73. The van der Waals surface area contributed by atoms with Gasteiger partial charge in [0.2, 0.25) is 0 Å². The number of nitrogens with zero attached hydrogens (tertiary/aromatic N) is 1. The topological polar surface area (TPSA) is 72.6 Å². The zero-order chi connectivity index (χ0) is 14.8. The molecule has 0 fully saturated rings. The number of rotatable bonds is 4. The average molecular weight is 287 g/mol. The Bertz CT molecular complexity index is 662. The second kappa shape index (κ2) is 5.60. The lowest BCUT2D eigenvalue weighted by Crippen LogP contribution is -2.21. The van der Waals surface area contributed by atoms with Crippen LogP contribution in [0.3, 0.4) is 0 Å². The fourth-order valence-corrected chi connectivity index (χ4v) is 2.73. The minimum Gasteiger partial charge on any atom is -0.496 e. The number of benzene rings is 1. The molecule has 0 amide bonds. The number of aromatic nitrogens is 1. The predicted molar refractivity (Wildman–Crippen MR) is 75.5 cm³/mol. The fraction of sp³-hybridized carbons (Fsp3) is 0.375. The van der Waals surface area contributed by atoms with Crippen molar-refractivity contribution >= 4 is 5.97 Å². The number of methoxy groups -OCH3 is 1. The maximum absolute atomic E-state index is 11.1. The molecule has 1 aliphatic rings. The second-order valence-electron chi connectivity index (χ2n) is 5.24. The summed E-state index contributed by atoms with van der Waals surface area (Å²) in [5.41, 5.74) is 1.91. The van der Waals surface area contributed by atoms with Crippen molar-refractivity contribution in [2.45, 2.75) is 25.7 Å². The van der Waals surface area contributed by atoms with E-state index in [2.05, 4.69) is 4.98 Å². The molecule has 21 heavy (non-hydrogen) atoms. The summed E-state index contributed by atoms with van der Waals surface area (Å²) >= 11 is 0.